The summed E-state index contributed by atoms with van der Waals surface area (Å²) >= 11 is 0. The van der Waals surface area contributed by atoms with Crippen molar-refractivity contribution in [2.24, 2.45) is 0 Å². The molecular weight excluding hydrogens is 365 g/mol. The minimum Gasteiger partial charge on any atom is -0.489 e. The van der Waals surface area contributed by atoms with Crippen LogP contribution in [0.1, 0.15) is 40.5 Å². The molecule has 0 aliphatic carbocycles. The zero-order valence-electron chi connectivity index (χ0n) is 16.8. The smallest absolute Gasteiger partial charge is 0.407 e. The lowest BCUT2D eigenvalue weighted by atomic mass is 10.2. The van der Waals surface area contributed by atoms with E-state index >= 15 is 0 Å². The van der Waals surface area contributed by atoms with Crippen LogP contribution in [0.25, 0.3) is 11.1 Å². The maximum absolute atomic E-state index is 13.1. The number of fused-ring (bicyclic) bond motifs is 1. The number of benzene rings is 1. The first kappa shape index (κ1) is 21.5. The molecule has 0 saturated carbocycles. The number of rotatable bonds is 9. The van der Waals surface area contributed by atoms with Gasteiger partial charge in [-0.15, -0.1) is 0 Å². The van der Waals surface area contributed by atoms with Crippen molar-refractivity contribution in [3.63, 3.8) is 0 Å². The van der Waals surface area contributed by atoms with Crippen LogP contribution in [-0.2, 0) is 4.74 Å². The van der Waals surface area contributed by atoms with E-state index in [2.05, 4.69) is 22.5 Å². The van der Waals surface area contributed by atoms with E-state index in [9.17, 15) is 9.18 Å². The van der Waals surface area contributed by atoms with Crippen LogP contribution in [0.3, 0.4) is 0 Å². The molecule has 0 unspecified atom stereocenters. The Bertz CT molecular complexity index is 811. The predicted octanol–water partition coefficient (Wildman–Crippen LogP) is 4.80. The molecule has 2 N–H and O–H groups in total. The van der Waals surface area contributed by atoms with Crippen molar-refractivity contribution in [2.45, 2.75) is 46.1 Å². The maximum Gasteiger partial charge on any atom is 0.407 e. The van der Waals surface area contributed by atoms with Gasteiger partial charge in [0, 0.05) is 24.7 Å². The fourth-order valence-corrected chi connectivity index (χ4v) is 2.24. The van der Waals surface area contributed by atoms with Gasteiger partial charge in [-0.1, -0.05) is 13.3 Å². The third kappa shape index (κ3) is 7.09. The summed E-state index contributed by atoms with van der Waals surface area (Å²) in [5.74, 6) is 0.514. The molecule has 0 aliphatic heterocycles. The molecule has 7 nitrogen and oxygen atoms in total. The number of oxazole rings is 1. The van der Waals surface area contributed by atoms with Crippen LogP contribution in [-0.4, -0.2) is 36.4 Å². The number of carbonyl (C=O) groups excluding carboxylic acids is 1. The normalized spacial score (nSPS) is 12.1. The average Bonchev–Trinajstić information content (AvgIpc) is 3.02. The summed E-state index contributed by atoms with van der Waals surface area (Å²) in [5.41, 5.74) is 0.940. The molecule has 154 valence electrons. The van der Waals surface area contributed by atoms with E-state index in [1.54, 1.807) is 39.0 Å². The first-order chi connectivity index (χ1) is 13.3. The standard InChI is InChI=1S/C20H28FN3O4/c1-5-6-9-22-18-24-16-8-7-15(10-17(16)27-18)26-13-14(11-21)12-23-19(25)28-20(2,3)4/h7-8,10-11H,5-6,9,12-13H2,1-4H3,(H,22,24)(H,23,25)/b14-11-. The van der Waals surface area contributed by atoms with Crippen molar-refractivity contribution >= 4 is 23.2 Å². The lowest BCUT2D eigenvalue weighted by Crippen LogP contribution is -2.34. The highest BCUT2D eigenvalue weighted by Gasteiger charge is 2.16. The number of anilines is 1. The topological polar surface area (TPSA) is 85.6 Å². The quantitative estimate of drug-likeness (QED) is 0.596. The number of alkyl carbamates (subject to hydrolysis) is 1. The molecule has 2 aromatic rings. The Morgan fingerprint density at radius 3 is 2.82 bits per heavy atom. The fraction of sp³-hybridized carbons (Fsp3) is 0.500. The van der Waals surface area contributed by atoms with Crippen molar-refractivity contribution in [3.8, 4) is 5.75 Å². The number of nitrogens with zero attached hydrogens (tertiary/aromatic N) is 1. The van der Waals surface area contributed by atoms with Gasteiger partial charge < -0.3 is 24.5 Å². The summed E-state index contributed by atoms with van der Waals surface area (Å²) in [6.45, 7) is 8.14. The van der Waals surface area contributed by atoms with Gasteiger partial charge >= 0.3 is 6.09 Å². The van der Waals surface area contributed by atoms with E-state index in [0.717, 1.165) is 19.4 Å². The molecule has 0 radical (unpaired) electrons. The Labute approximate surface area is 164 Å². The van der Waals surface area contributed by atoms with E-state index in [4.69, 9.17) is 13.9 Å². The average molecular weight is 393 g/mol. The molecule has 0 atom stereocenters. The van der Waals surface area contributed by atoms with Crippen molar-refractivity contribution in [3.05, 3.63) is 30.1 Å². The number of hydrogen-bond donors (Lipinski definition) is 2. The van der Waals surface area contributed by atoms with Crippen molar-refractivity contribution in [1.82, 2.24) is 10.3 Å². The number of nitrogens with one attached hydrogen (secondary N) is 2. The van der Waals surface area contributed by atoms with Crippen LogP contribution in [0.4, 0.5) is 15.2 Å². The van der Waals surface area contributed by atoms with Gasteiger partial charge in [0.2, 0.25) is 0 Å². The SMILES string of the molecule is CCCCNc1nc2ccc(OC/C(=C\F)CNC(=O)OC(C)(C)C)cc2o1. The number of amides is 1. The molecule has 0 aliphatic rings. The van der Waals surface area contributed by atoms with Gasteiger partial charge in [-0.05, 0) is 39.3 Å². The zero-order valence-corrected chi connectivity index (χ0v) is 16.8. The minimum atomic E-state index is -0.614. The summed E-state index contributed by atoms with van der Waals surface area (Å²) in [4.78, 5) is 16.0. The van der Waals surface area contributed by atoms with Gasteiger partial charge in [-0.2, -0.15) is 4.98 Å². The fourth-order valence-electron chi connectivity index (χ4n) is 2.24. The van der Waals surface area contributed by atoms with E-state index in [-0.39, 0.29) is 18.7 Å². The van der Waals surface area contributed by atoms with Crippen LogP contribution >= 0.6 is 0 Å². The second kappa shape index (κ2) is 9.96. The second-order valence-corrected chi connectivity index (χ2v) is 7.34. The lowest BCUT2D eigenvalue weighted by Gasteiger charge is -2.20. The van der Waals surface area contributed by atoms with Gasteiger partial charge in [-0.25, -0.2) is 9.18 Å². The number of aromatic nitrogens is 1. The summed E-state index contributed by atoms with van der Waals surface area (Å²) in [7, 11) is 0. The van der Waals surface area contributed by atoms with Crippen molar-refractivity contribution < 1.29 is 23.1 Å². The van der Waals surface area contributed by atoms with Gasteiger partial charge in [0.15, 0.2) is 5.58 Å². The second-order valence-electron chi connectivity index (χ2n) is 7.34. The third-order valence-electron chi connectivity index (χ3n) is 3.60. The Morgan fingerprint density at radius 1 is 1.36 bits per heavy atom. The maximum atomic E-state index is 13.1. The molecule has 0 spiro atoms. The van der Waals surface area contributed by atoms with E-state index in [0.29, 0.717) is 29.2 Å². The molecule has 0 fully saturated rings. The molecule has 28 heavy (non-hydrogen) atoms. The zero-order chi connectivity index (χ0) is 20.6. The Kier molecular flexibility index (Phi) is 7.66. The minimum absolute atomic E-state index is 0.0124. The highest BCUT2D eigenvalue weighted by molar-refractivity contribution is 5.76. The Hall–Kier alpha value is -2.77. The monoisotopic (exact) mass is 393 g/mol. The van der Waals surface area contributed by atoms with E-state index in [1.807, 2.05) is 0 Å². The van der Waals surface area contributed by atoms with Crippen LogP contribution in [0.2, 0.25) is 0 Å². The number of halogens is 1. The van der Waals surface area contributed by atoms with Gasteiger partial charge in [-0.3, -0.25) is 0 Å². The molecule has 1 aromatic heterocycles. The number of ether oxygens (including phenoxy) is 2. The predicted molar refractivity (Wildman–Crippen MR) is 106 cm³/mol. The van der Waals surface area contributed by atoms with Crippen molar-refractivity contribution in [1.29, 1.82) is 0 Å². The summed E-state index contributed by atoms with van der Waals surface area (Å²) in [6.07, 6.45) is 1.92. The van der Waals surface area contributed by atoms with Crippen LogP contribution in [0, 0.1) is 0 Å². The molecule has 0 bridgehead atoms. The highest BCUT2D eigenvalue weighted by atomic mass is 19.1. The van der Waals surface area contributed by atoms with Gasteiger partial charge in [0.05, 0.1) is 6.33 Å². The molecular formula is C20H28FN3O4. The summed E-state index contributed by atoms with van der Waals surface area (Å²) < 4.78 is 29.4. The van der Waals surface area contributed by atoms with Gasteiger partial charge in [0.1, 0.15) is 23.5 Å². The first-order valence-electron chi connectivity index (χ1n) is 9.33. The molecule has 2 rings (SSSR count). The molecule has 8 heteroatoms. The summed E-state index contributed by atoms with van der Waals surface area (Å²) in [5, 5.41) is 5.63. The Morgan fingerprint density at radius 2 is 2.14 bits per heavy atom. The number of carbonyl (C=O) groups is 1. The number of unbranched alkanes of at least 4 members (excludes halogenated alkanes) is 1. The first-order valence-corrected chi connectivity index (χ1v) is 9.33. The van der Waals surface area contributed by atoms with Crippen LogP contribution in [0.5, 0.6) is 5.75 Å². The largest absolute Gasteiger partial charge is 0.489 e. The van der Waals surface area contributed by atoms with E-state index < -0.39 is 11.7 Å². The molecule has 1 heterocycles. The highest BCUT2D eigenvalue weighted by Crippen LogP contribution is 2.24. The lowest BCUT2D eigenvalue weighted by molar-refractivity contribution is 0.0531. The van der Waals surface area contributed by atoms with Gasteiger partial charge in [0.25, 0.3) is 6.01 Å². The summed E-state index contributed by atoms with van der Waals surface area (Å²) in [6, 6.07) is 5.67. The third-order valence-corrected chi connectivity index (χ3v) is 3.60. The van der Waals surface area contributed by atoms with Crippen LogP contribution < -0.4 is 15.4 Å². The van der Waals surface area contributed by atoms with Crippen molar-refractivity contribution in [2.75, 3.05) is 25.0 Å². The Balaban J connectivity index is 1.88. The molecule has 0 saturated heterocycles. The van der Waals surface area contributed by atoms with Crippen LogP contribution in [0.15, 0.2) is 34.5 Å². The van der Waals surface area contributed by atoms with E-state index in [1.165, 1.54) is 0 Å². The molecule has 1 amide bonds. The molecule has 1 aromatic carbocycles. The number of hydrogen-bond acceptors (Lipinski definition) is 6.